The van der Waals surface area contributed by atoms with Gasteiger partial charge in [0.2, 0.25) is 10.4 Å². The van der Waals surface area contributed by atoms with E-state index in [1.807, 2.05) is 0 Å². The second kappa shape index (κ2) is 3.75. The van der Waals surface area contributed by atoms with Gasteiger partial charge in [0, 0.05) is 37.7 Å². The monoisotopic (exact) mass is 220 g/mol. The molecule has 0 bridgehead atoms. The Morgan fingerprint density at radius 3 is 2.54 bits per heavy atom. The van der Waals surface area contributed by atoms with E-state index in [2.05, 4.69) is 14.3 Å². The number of hydroxylamine groups is 2. The molecule has 0 atom stereocenters. The predicted octanol–water partition coefficient (Wildman–Crippen LogP) is 0.703. The third-order valence-electron chi connectivity index (χ3n) is 1.92. The van der Waals surface area contributed by atoms with E-state index < -0.39 is 0 Å². The maximum atomic E-state index is 9.13. The molecule has 2 heterocycles. The van der Waals surface area contributed by atoms with E-state index in [1.54, 1.807) is 0 Å². The largest absolute Gasteiger partial charge is 0.344 e. The summed E-state index contributed by atoms with van der Waals surface area (Å²) in [5.74, 6) is 0. The average molecular weight is 221 g/mol. The van der Waals surface area contributed by atoms with E-state index in [9.17, 15) is 0 Å². The highest BCUT2D eigenvalue weighted by molar-refractivity contribution is 7.10. The van der Waals surface area contributed by atoms with Gasteiger partial charge in [0.15, 0.2) is 0 Å². The smallest absolute Gasteiger partial charge is 0.236 e. The highest BCUT2D eigenvalue weighted by Gasteiger charge is 2.18. The van der Waals surface area contributed by atoms with Crippen LogP contribution in [0.1, 0.15) is 0 Å². The fraction of sp³-hybridized carbons (Fsp3) is 0.667. The van der Waals surface area contributed by atoms with Crippen LogP contribution in [0.15, 0.2) is 0 Å². The number of hydrogen-bond donors (Lipinski definition) is 1. The van der Waals surface area contributed by atoms with E-state index >= 15 is 0 Å². The van der Waals surface area contributed by atoms with Crippen LogP contribution in [0.4, 0.5) is 5.13 Å². The zero-order valence-electron chi connectivity index (χ0n) is 6.85. The molecule has 0 radical (unpaired) electrons. The molecule has 1 N–H and O–H groups in total. The van der Waals surface area contributed by atoms with Crippen molar-refractivity contribution in [1.82, 2.24) is 14.4 Å². The Morgan fingerprint density at radius 1 is 1.31 bits per heavy atom. The van der Waals surface area contributed by atoms with Gasteiger partial charge in [0.05, 0.1) is 0 Å². The first-order valence-electron chi connectivity index (χ1n) is 3.94. The van der Waals surface area contributed by atoms with Crippen molar-refractivity contribution in [2.75, 3.05) is 31.1 Å². The maximum absolute atomic E-state index is 9.13. The molecular formula is C6H9ClN4OS. The Morgan fingerprint density at radius 2 is 2.00 bits per heavy atom. The van der Waals surface area contributed by atoms with Gasteiger partial charge in [-0.2, -0.15) is 14.4 Å². The molecule has 5 nitrogen and oxygen atoms in total. The summed E-state index contributed by atoms with van der Waals surface area (Å²) in [5.41, 5.74) is 0. The Hall–Kier alpha value is -0.430. The first-order chi connectivity index (χ1) is 6.25. The average Bonchev–Trinajstić information content (AvgIpc) is 2.53. The van der Waals surface area contributed by atoms with Crippen molar-refractivity contribution in [2.24, 2.45) is 0 Å². The summed E-state index contributed by atoms with van der Waals surface area (Å²) >= 11 is 6.90. The molecule has 1 aromatic heterocycles. The molecule has 2 rings (SSSR count). The third-order valence-corrected chi connectivity index (χ3v) is 2.96. The molecule has 72 valence electrons. The van der Waals surface area contributed by atoms with Gasteiger partial charge in [0.25, 0.3) is 0 Å². The molecule has 1 saturated heterocycles. The van der Waals surface area contributed by atoms with Crippen LogP contribution in [0.3, 0.4) is 0 Å². The lowest BCUT2D eigenvalue weighted by molar-refractivity contribution is -0.0935. The van der Waals surface area contributed by atoms with E-state index in [4.69, 9.17) is 16.8 Å². The number of halogens is 1. The molecule has 1 aromatic rings. The van der Waals surface area contributed by atoms with Crippen LogP contribution in [0.25, 0.3) is 0 Å². The van der Waals surface area contributed by atoms with Crippen LogP contribution in [0.5, 0.6) is 0 Å². The van der Waals surface area contributed by atoms with Gasteiger partial charge in [0.1, 0.15) is 0 Å². The van der Waals surface area contributed by atoms with Gasteiger partial charge < -0.3 is 10.1 Å². The summed E-state index contributed by atoms with van der Waals surface area (Å²) in [4.78, 5) is 6.12. The van der Waals surface area contributed by atoms with Crippen molar-refractivity contribution >= 4 is 28.3 Å². The molecule has 0 spiro atoms. The number of rotatable bonds is 1. The van der Waals surface area contributed by atoms with Crippen LogP contribution in [-0.2, 0) is 0 Å². The number of aromatic nitrogens is 2. The maximum Gasteiger partial charge on any atom is 0.236 e. The molecule has 1 fully saturated rings. The normalized spacial score (nSPS) is 19.4. The fourth-order valence-electron chi connectivity index (χ4n) is 1.21. The van der Waals surface area contributed by atoms with Crippen LogP contribution in [-0.4, -0.2) is 45.8 Å². The van der Waals surface area contributed by atoms with Gasteiger partial charge >= 0.3 is 0 Å². The minimum atomic E-state index is 0.298. The van der Waals surface area contributed by atoms with E-state index in [1.165, 1.54) is 16.6 Å². The molecule has 1 aliphatic rings. The highest BCUT2D eigenvalue weighted by Crippen LogP contribution is 2.20. The third kappa shape index (κ3) is 2.08. The Balaban J connectivity index is 2.02. The molecular weight excluding hydrogens is 212 g/mol. The van der Waals surface area contributed by atoms with Crippen LogP contribution >= 0.6 is 23.1 Å². The lowest BCUT2D eigenvalue weighted by atomic mass is 10.4. The lowest BCUT2D eigenvalue weighted by Gasteiger charge is -2.30. The number of anilines is 1. The van der Waals surface area contributed by atoms with Crippen molar-refractivity contribution in [2.45, 2.75) is 0 Å². The van der Waals surface area contributed by atoms with Gasteiger partial charge in [-0.3, -0.25) is 0 Å². The van der Waals surface area contributed by atoms with Crippen LogP contribution in [0.2, 0.25) is 5.28 Å². The first kappa shape index (κ1) is 9.14. The Kier molecular flexibility index (Phi) is 2.63. The van der Waals surface area contributed by atoms with Crippen molar-refractivity contribution in [1.29, 1.82) is 0 Å². The van der Waals surface area contributed by atoms with E-state index in [0.29, 0.717) is 18.4 Å². The summed E-state index contributed by atoms with van der Waals surface area (Å²) < 4.78 is 3.89. The minimum absolute atomic E-state index is 0.298. The van der Waals surface area contributed by atoms with E-state index in [0.717, 1.165) is 18.2 Å². The Bertz CT molecular complexity index is 286. The fourth-order valence-corrected chi connectivity index (χ4v) is 2.07. The van der Waals surface area contributed by atoms with Crippen molar-refractivity contribution in [3.05, 3.63) is 5.28 Å². The van der Waals surface area contributed by atoms with Gasteiger partial charge in [-0.1, -0.05) is 0 Å². The molecule has 13 heavy (non-hydrogen) atoms. The van der Waals surface area contributed by atoms with Crippen molar-refractivity contribution < 1.29 is 5.21 Å². The number of hydrogen-bond acceptors (Lipinski definition) is 6. The highest BCUT2D eigenvalue weighted by atomic mass is 35.5. The molecule has 0 unspecified atom stereocenters. The molecule has 0 saturated carbocycles. The van der Waals surface area contributed by atoms with Gasteiger partial charge in [-0.05, 0) is 11.6 Å². The standard InChI is InChI=1S/C6H9ClN4OS/c7-5-8-6(13-9-5)10-1-3-11(12)4-2-10/h12H,1-4H2. The SMILES string of the molecule is ON1CCN(c2nc(Cl)ns2)CC1. The summed E-state index contributed by atoms with van der Waals surface area (Å²) in [7, 11) is 0. The van der Waals surface area contributed by atoms with Crippen molar-refractivity contribution in [3.8, 4) is 0 Å². The van der Waals surface area contributed by atoms with Gasteiger partial charge in [-0.15, -0.1) is 0 Å². The molecule has 7 heteroatoms. The number of piperazine rings is 1. The van der Waals surface area contributed by atoms with Crippen LogP contribution in [0, 0.1) is 0 Å². The quantitative estimate of drug-likeness (QED) is 0.755. The predicted molar refractivity (Wildman–Crippen MR) is 50.5 cm³/mol. The summed E-state index contributed by atoms with van der Waals surface area (Å²) in [6.07, 6.45) is 0. The Labute approximate surface area is 84.7 Å². The number of nitrogens with zero attached hydrogens (tertiary/aromatic N) is 4. The zero-order chi connectivity index (χ0) is 9.26. The van der Waals surface area contributed by atoms with E-state index in [-0.39, 0.29) is 0 Å². The second-order valence-corrected chi connectivity index (χ2v) is 3.86. The topological polar surface area (TPSA) is 52.5 Å². The minimum Gasteiger partial charge on any atom is -0.344 e. The molecule has 0 aliphatic carbocycles. The molecule has 0 amide bonds. The second-order valence-electron chi connectivity index (χ2n) is 2.79. The lowest BCUT2D eigenvalue weighted by Crippen LogP contribution is -2.44. The summed E-state index contributed by atoms with van der Waals surface area (Å²) in [6.45, 7) is 2.80. The van der Waals surface area contributed by atoms with Crippen LogP contribution < -0.4 is 4.90 Å². The summed E-state index contributed by atoms with van der Waals surface area (Å²) in [5, 5.41) is 11.6. The zero-order valence-corrected chi connectivity index (χ0v) is 8.42. The summed E-state index contributed by atoms with van der Waals surface area (Å²) in [6, 6.07) is 0. The molecule has 0 aromatic carbocycles. The van der Waals surface area contributed by atoms with Gasteiger partial charge in [-0.25, -0.2) is 0 Å². The first-order valence-corrected chi connectivity index (χ1v) is 5.09. The molecule has 1 aliphatic heterocycles. The van der Waals surface area contributed by atoms with Crippen molar-refractivity contribution in [3.63, 3.8) is 0 Å².